The minimum absolute atomic E-state index is 0.0717. The van der Waals surface area contributed by atoms with Gasteiger partial charge in [-0.05, 0) is 17.9 Å². The highest BCUT2D eigenvalue weighted by molar-refractivity contribution is 5.79. The van der Waals surface area contributed by atoms with Gasteiger partial charge in [0.25, 0.3) is 0 Å². The largest absolute Gasteiger partial charge is 0.469 e. The van der Waals surface area contributed by atoms with Crippen molar-refractivity contribution in [1.29, 1.82) is 0 Å². The third kappa shape index (κ3) is 5.87. The number of rotatable bonds is 7. The van der Waals surface area contributed by atoms with Crippen molar-refractivity contribution < 1.29 is 19.1 Å². The second-order valence-corrected chi connectivity index (χ2v) is 5.20. The Morgan fingerprint density at radius 1 is 1.15 bits per heavy atom. The van der Waals surface area contributed by atoms with Crippen LogP contribution in [0.5, 0.6) is 0 Å². The van der Waals surface area contributed by atoms with Gasteiger partial charge >= 0.3 is 11.9 Å². The number of benzene rings is 1. The van der Waals surface area contributed by atoms with Crippen molar-refractivity contribution in [1.82, 2.24) is 0 Å². The highest BCUT2D eigenvalue weighted by Crippen LogP contribution is 2.18. The molecule has 0 bridgehead atoms. The second kappa shape index (κ2) is 8.35. The van der Waals surface area contributed by atoms with Crippen LogP contribution in [0.4, 0.5) is 0 Å². The van der Waals surface area contributed by atoms with Crippen LogP contribution in [0.3, 0.4) is 0 Å². The first-order valence-electron chi connectivity index (χ1n) is 6.80. The van der Waals surface area contributed by atoms with E-state index >= 15 is 0 Å². The van der Waals surface area contributed by atoms with E-state index in [1.54, 1.807) is 0 Å². The second-order valence-electron chi connectivity index (χ2n) is 5.20. The predicted molar refractivity (Wildman–Crippen MR) is 75.8 cm³/mol. The lowest BCUT2D eigenvalue weighted by molar-refractivity contribution is -0.155. The van der Waals surface area contributed by atoms with Gasteiger partial charge in [-0.15, -0.1) is 0 Å². The molecule has 0 saturated carbocycles. The summed E-state index contributed by atoms with van der Waals surface area (Å²) in [6, 6.07) is 9.48. The quantitative estimate of drug-likeness (QED) is 0.720. The van der Waals surface area contributed by atoms with Gasteiger partial charge in [0.05, 0.1) is 19.4 Å². The molecule has 0 aliphatic carbocycles. The van der Waals surface area contributed by atoms with Crippen molar-refractivity contribution in [3.05, 3.63) is 35.9 Å². The number of esters is 2. The molecule has 0 saturated heterocycles. The molecule has 0 amide bonds. The Balaban J connectivity index is 2.56. The number of ether oxygens (including phenoxy) is 2. The normalized spacial score (nSPS) is 12.0. The summed E-state index contributed by atoms with van der Waals surface area (Å²) in [5.41, 5.74) is 0.933. The maximum atomic E-state index is 12.1. The molecule has 1 unspecified atom stereocenters. The maximum absolute atomic E-state index is 12.1. The monoisotopic (exact) mass is 278 g/mol. The summed E-state index contributed by atoms with van der Waals surface area (Å²) < 4.78 is 9.92. The average molecular weight is 278 g/mol. The Kier molecular flexibility index (Phi) is 6.77. The molecule has 0 fully saturated rings. The zero-order valence-corrected chi connectivity index (χ0v) is 12.3. The zero-order valence-electron chi connectivity index (χ0n) is 12.3. The van der Waals surface area contributed by atoms with Gasteiger partial charge in [0.1, 0.15) is 6.61 Å². The van der Waals surface area contributed by atoms with Crippen LogP contribution in [0.2, 0.25) is 0 Å². The number of hydrogen-bond donors (Lipinski definition) is 0. The van der Waals surface area contributed by atoms with Gasteiger partial charge in [-0.2, -0.15) is 0 Å². The number of hydrogen-bond acceptors (Lipinski definition) is 4. The molecule has 1 aromatic carbocycles. The number of carbonyl (C=O) groups is 2. The van der Waals surface area contributed by atoms with Crippen molar-refractivity contribution in [2.75, 3.05) is 7.11 Å². The summed E-state index contributed by atoms with van der Waals surface area (Å²) in [5.74, 6) is -0.847. The first kappa shape index (κ1) is 16.2. The van der Waals surface area contributed by atoms with E-state index in [4.69, 9.17) is 4.74 Å². The number of methoxy groups -OCH3 is 1. The summed E-state index contributed by atoms with van der Waals surface area (Å²) in [6.07, 6.45) is 0.686. The minimum Gasteiger partial charge on any atom is -0.469 e. The minimum atomic E-state index is -0.439. The molecule has 1 atom stereocenters. The van der Waals surface area contributed by atoms with Gasteiger partial charge in [0.2, 0.25) is 0 Å². The Labute approximate surface area is 120 Å². The highest BCUT2D eigenvalue weighted by atomic mass is 16.5. The molecule has 4 nitrogen and oxygen atoms in total. The summed E-state index contributed by atoms with van der Waals surface area (Å²) >= 11 is 0. The topological polar surface area (TPSA) is 52.6 Å². The summed E-state index contributed by atoms with van der Waals surface area (Å²) in [4.78, 5) is 23.4. The third-order valence-electron chi connectivity index (χ3n) is 2.95. The third-order valence-corrected chi connectivity index (χ3v) is 2.95. The van der Waals surface area contributed by atoms with Gasteiger partial charge in [0.15, 0.2) is 0 Å². The highest BCUT2D eigenvalue weighted by Gasteiger charge is 2.24. The maximum Gasteiger partial charge on any atom is 0.309 e. The van der Waals surface area contributed by atoms with Crippen LogP contribution in [-0.2, 0) is 25.7 Å². The van der Waals surface area contributed by atoms with Crippen molar-refractivity contribution in [3.63, 3.8) is 0 Å². The summed E-state index contributed by atoms with van der Waals surface area (Å²) in [7, 11) is 1.32. The first-order chi connectivity index (χ1) is 9.52. The molecule has 20 heavy (non-hydrogen) atoms. The molecule has 4 heteroatoms. The molecule has 1 rings (SSSR count). The van der Waals surface area contributed by atoms with E-state index in [0.717, 1.165) is 5.56 Å². The lowest BCUT2D eigenvalue weighted by atomic mass is 9.94. The van der Waals surface area contributed by atoms with Crippen molar-refractivity contribution in [3.8, 4) is 0 Å². The van der Waals surface area contributed by atoms with Gasteiger partial charge in [0, 0.05) is 0 Å². The summed E-state index contributed by atoms with van der Waals surface area (Å²) in [6.45, 7) is 4.25. The van der Waals surface area contributed by atoms with E-state index in [-0.39, 0.29) is 25.0 Å². The first-order valence-corrected chi connectivity index (χ1v) is 6.80. The average Bonchev–Trinajstić information content (AvgIpc) is 2.44. The fraction of sp³-hybridized carbons (Fsp3) is 0.500. The molecule has 0 N–H and O–H groups in total. The molecular weight excluding hydrogens is 256 g/mol. The lowest BCUT2D eigenvalue weighted by Crippen LogP contribution is -2.23. The van der Waals surface area contributed by atoms with Crippen molar-refractivity contribution >= 4 is 11.9 Å². The van der Waals surface area contributed by atoms with Crippen LogP contribution >= 0.6 is 0 Å². The summed E-state index contributed by atoms with van der Waals surface area (Å²) in [5, 5.41) is 0. The Morgan fingerprint density at radius 2 is 1.80 bits per heavy atom. The van der Waals surface area contributed by atoms with Crippen LogP contribution in [0, 0.1) is 11.8 Å². The van der Waals surface area contributed by atoms with Crippen LogP contribution in [0.1, 0.15) is 32.3 Å². The molecule has 0 heterocycles. The van der Waals surface area contributed by atoms with E-state index < -0.39 is 5.92 Å². The van der Waals surface area contributed by atoms with Crippen molar-refractivity contribution in [2.45, 2.75) is 33.3 Å². The SMILES string of the molecule is COC(=O)CC(CC(C)C)C(=O)OCc1ccccc1. The van der Waals surface area contributed by atoms with E-state index in [0.29, 0.717) is 12.3 Å². The predicted octanol–water partition coefficient (Wildman–Crippen LogP) is 2.96. The standard InChI is InChI=1S/C16H22O4/c1-12(2)9-14(10-15(17)19-3)16(18)20-11-13-7-5-4-6-8-13/h4-8,12,14H,9-11H2,1-3H3. The lowest BCUT2D eigenvalue weighted by Gasteiger charge is -2.16. The number of carbonyl (C=O) groups excluding carboxylic acids is 2. The Bertz CT molecular complexity index is 425. The Hall–Kier alpha value is -1.84. The molecule has 0 aromatic heterocycles. The molecular formula is C16H22O4. The molecule has 0 aliphatic heterocycles. The molecule has 0 aliphatic rings. The Morgan fingerprint density at radius 3 is 2.35 bits per heavy atom. The van der Waals surface area contributed by atoms with Gasteiger partial charge < -0.3 is 9.47 Å². The van der Waals surface area contributed by atoms with Gasteiger partial charge in [-0.3, -0.25) is 9.59 Å². The van der Waals surface area contributed by atoms with E-state index in [9.17, 15) is 9.59 Å². The van der Waals surface area contributed by atoms with Crippen LogP contribution in [0.15, 0.2) is 30.3 Å². The van der Waals surface area contributed by atoms with E-state index in [1.807, 2.05) is 44.2 Å². The molecule has 110 valence electrons. The molecule has 1 aromatic rings. The van der Waals surface area contributed by atoms with E-state index in [2.05, 4.69) is 4.74 Å². The zero-order chi connectivity index (χ0) is 15.0. The molecule has 0 radical (unpaired) electrons. The van der Waals surface area contributed by atoms with Crippen LogP contribution in [-0.4, -0.2) is 19.0 Å². The fourth-order valence-corrected chi connectivity index (χ4v) is 1.96. The van der Waals surface area contributed by atoms with Gasteiger partial charge in [-0.25, -0.2) is 0 Å². The smallest absolute Gasteiger partial charge is 0.309 e. The van der Waals surface area contributed by atoms with Gasteiger partial charge in [-0.1, -0.05) is 44.2 Å². The van der Waals surface area contributed by atoms with Crippen molar-refractivity contribution in [2.24, 2.45) is 11.8 Å². The van der Waals surface area contributed by atoms with E-state index in [1.165, 1.54) is 7.11 Å². The van der Waals surface area contributed by atoms with Crippen LogP contribution < -0.4 is 0 Å². The van der Waals surface area contributed by atoms with Crippen LogP contribution in [0.25, 0.3) is 0 Å². The fourth-order valence-electron chi connectivity index (χ4n) is 1.96. The molecule has 0 spiro atoms.